The van der Waals surface area contributed by atoms with Crippen LogP contribution in [-0.2, 0) is 4.74 Å². The Labute approximate surface area is 92.1 Å². The quantitative estimate of drug-likeness (QED) is 0.662. The molecule has 0 radical (unpaired) electrons. The van der Waals surface area contributed by atoms with Gasteiger partial charge in [-0.3, -0.25) is 0 Å². The van der Waals surface area contributed by atoms with E-state index in [-0.39, 0.29) is 5.60 Å². The van der Waals surface area contributed by atoms with Crippen molar-refractivity contribution in [1.29, 1.82) is 0 Å². The lowest BCUT2D eigenvalue weighted by atomic mass is 10.1. The topological polar surface area (TPSA) is 9.23 Å². The highest BCUT2D eigenvalue weighted by molar-refractivity contribution is 5.48. The molecule has 0 heterocycles. The average molecular weight is 202 g/mol. The van der Waals surface area contributed by atoms with E-state index in [1.807, 2.05) is 44.2 Å². The van der Waals surface area contributed by atoms with E-state index in [1.165, 1.54) is 5.56 Å². The van der Waals surface area contributed by atoms with E-state index in [2.05, 4.69) is 24.8 Å². The molecule has 0 unspecified atom stereocenters. The third-order valence-corrected chi connectivity index (χ3v) is 2.15. The molecule has 0 bridgehead atoms. The van der Waals surface area contributed by atoms with Crippen molar-refractivity contribution in [1.82, 2.24) is 0 Å². The molecule has 1 aromatic rings. The highest BCUT2D eigenvalue weighted by Crippen LogP contribution is 2.09. The van der Waals surface area contributed by atoms with Gasteiger partial charge in [0.05, 0.1) is 12.2 Å². The number of ether oxygens (including phenoxy) is 1. The second-order valence-electron chi connectivity index (χ2n) is 3.93. The number of benzene rings is 1. The number of rotatable bonds is 5. The fraction of sp³-hybridized carbons (Fsp3) is 0.286. The van der Waals surface area contributed by atoms with Crippen LogP contribution in [0.5, 0.6) is 0 Å². The SMILES string of the molecule is C=CC(C)(C)OC/C=C/c1ccccc1. The van der Waals surface area contributed by atoms with Gasteiger partial charge in [0.25, 0.3) is 0 Å². The molecule has 1 heteroatoms. The van der Waals surface area contributed by atoms with Crippen molar-refractivity contribution in [2.45, 2.75) is 19.4 Å². The van der Waals surface area contributed by atoms with E-state index in [4.69, 9.17) is 4.74 Å². The van der Waals surface area contributed by atoms with Crippen molar-refractivity contribution in [3.05, 3.63) is 54.6 Å². The predicted molar refractivity (Wildman–Crippen MR) is 65.7 cm³/mol. The van der Waals surface area contributed by atoms with Gasteiger partial charge < -0.3 is 4.74 Å². The maximum absolute atomic E-state index is 5.60. The van der Waals surface area contributed by atoms with E-state index in [0.29, 0.717) is 6.61 Å². The number of hydrogen-bond donors (Lipinski definition) is 0. The van der Waals surface area contributed by atoms with Crippen LogP contribution in [0.1, 0.15) is 19.4 Å². The van der Waals surface area contributed by atoms with Crippen LogP contribution >= 0.6 is 0 Å². The molecule has 0 saturated carbocycles. The molecule has 1 rings (SSSR count). The summed E-state index contributed by atoms with van der Waals surface area (Å²) in [5.74, 6) is 0. The average Bonchev–Trinajstić information content (AvgIpc) is 2.26. The van der Waals surface area contributed by atoms with Gasteiger partial charge in [-0.05, 0) is 19.4 Å². The molecule has 0 amide bonds. The lowest BCUT2D eigenvalue weighted by Crippen LogP contribution is -2.20. The Kier molecular flexibility index (Phi) is 4.32. The number of hydrogen-bond acceptors (Lipinski definition) is 1. The minimum atomic E-state index is -0.249. The summed E-state index contributed by atoms with van der Waals surface area (Å²) in [5, 5.41) is 0. The third-order valence-electron chi connectivity index (χ3n) is 2.15. The molecular formula is C14H18O. The molecule has 0 aliphatic carbocycles. The van der Waals surface area contributed by atoms with Crippen LogP contribution in [0.4, 0.5) is 0 Å². The molecule has 0 aromatic heterocycles. The van der Waals surface area contributed by atoms with E-state index < -0.39 is 0 Å². The molecule has 0 spiro atoms. The Hall–Kier alpha value is -1.34. The molecule has 80 valence electrons. The first-order valence-electron chi connectivity index (χ1n) is 5.13. The van der Waals surface area contributed by atoms with Crippen molar-refractivity contribution in [2.75, 3.05) is 6.61 Å². The summed E-state index contributed by atoms with van der Waals surface area (Å²) in [7, 11) is 0. The van der Waals surface area contributed by atoms with Crippen molar-refractivity contribution in [3.8, 4) is 0 Å². The molecule has 0 fully saturated rings. The molecule has 0 atom stereocenters. The van der Waals surface area contributed by atoms with Crippen LogP contribution in [0.2, 0.25) is 0 Å². The molecule has 15 heavy (non-hydrogen) atoms. The summed E-state index contributed by atoms with van der Waals surface area (Å²) >= 11 is 0. The molecule has 1 nitrogen and oxygen atoms in total. The summed E-state index contributed by atoms with van der Waals surface area (Å²) in [6, 6.07) is 10.2. The first-order valence-corrected chi connectivity index (χ1v) is 5.13. The maximum atomic E-state index is 5.60. The van der Waals surface area contributed by atoms with Gasteiger partial charge in [-0.25, -0.2) is 0 Å². The van der Waals surface area contributed by atoms with Crippen LogP contribution in [-0.4, -0.2) is 12.2 Å². The zero-order valence-electron chi connectivity index (χ0n) is 9.44. The summed E-state index contributed by atoms with van der Waals surface area (Å²) < 4.78 is 5.60. The van der Waals surface area contributed by atoms with Gasteiger partial charge in [-0.2, -0.15) is 0 Å². The highest BCUT2D eigenvalue weighted by Gasteiger charge is 2.10. The molecule has 0 aliphatic rings. The van der Waals surface area contributed by atoms with Crippen molar-refractivity contribution < 1.29 is 4.74 Å². The van der Waals surface area contributed by atoms with Gasteiger partial charge >= 0.3 is 0 Å². The van der Waals surface area contributed by atoms with Gasteiger partial charge in [-0.15, -0.1) is 6.58 Å². The first kappa shape index (κ1) is 11.7. The Morgan fingerprint density at radius 2 is 1.93 bits per heavy atom. The van der Waals surface area contributed by atoms with Gasteiger partial charge in [-0.1, -0.05) is 48.6 Å². The molecule has 0 N–H and O–H groups in total. The molecule has 1 aromatic carbocycles. The van der Waals surface area contributed by atoms with E-state index >= 15 is 0 Å². The minimum absolute atomic E-state index is 0.249. The fourth-order valence-electron chi connectivity index (χ4n) is 1.07. The first-order chi connectivity index (χ1) is 7.14. The van der Waals surface area contributed by atoms with Crippen molar-refractivity contribution in [3.63, 3.8) is 0 Å². The van der Waals surface area contributed by atoms with Gasteiger partial charge in [0.15, 0.2) is 0 Å². The Morgan fingerprint density at radius 1 is 1.27 bits per heavy atom. The van der Waals surface area contributed by atoms with Gasteiger partial charge in [0.2, 0.25) is 0 Å². The van der Waals surface area contributed by atoms with Crippen LogP contribution in [0.15, 0.2) is 49.1 Å². The summed E-state index contributed by atoms with van der Waals surface area (Å²) in [4.78, 5) is 0. The summed E-state index contributed by atoms with van der Waals surface area (Å²) in [6.07, 6.45) is 5.88. The molecule has 0 aliphatic heterocycles. The van der Waals surface area contributed by atoms with E-state index in [9.17, 15) is 0 Å². The largest absolute Gasteiger partial charge is 0.367 e. The van der Waals surface area contributed by atoms with Crippen molar-refractivity contribution in [2.24, 2.45) is 0 Å². The molecule has 0 saturated heterocycles. The summed E-state index contributed by atoms with van der Waals surface area (Å²) in [5.41, 5.74) is 0.943. The lowest BCUT2D eigenvalue weighted by molar-refractivity contribution is 0.0395. The van der Waals surface area contributed by atoms with E-state index in [1.54, 1.807) is 0 Å². The van der Waals surface area contributed by atoms with Crippen LogP contribution in [0.25, 0.3) is 6.08 Å². The van der Waals surface area contributed by atoms with Crippen LogP contribution < -0.4 is 0 Å². The lowest BCUT2D eigenvalue weighted by Gasteiger charge is -2.19. The Morgan fingerprint density at radius 3 is 2.53 bits per heavy atom. The molecular weight excluding hydrogens is 184 g/mol. The normalized spacial score (nSPS) is 11.9. The predicted octanol–water partition coefficient (Wildman–Crippen LogP) is 3.68. The van der Waals surface area contributed by atoms with Crippen LogP contribution in [0.3, 0.4) is 0 Å². The smallest absolute Gasteiger partial charge is 0.0808 e. The zero-order chi connectivity index (χ0) is 11.1. The Bertz CT molecular complexity index is 322. The Balaban J connectivity index is 2.38. The second kappa shape index (κ2) is 5.52. The van der Waals surface area contributed by atoms with Crippen molar-refractivity contribution >= 4 is 6.08 Å². The van der Waals surface area contributed by atoms with Crippen LogP contribution in [0, 0.1) is 0 Å². The van der Waals surface area contributed by atoms with Gasteiger partial charge in [0, 0.05) is 0 Å². The standard InChI is InChI=1S/C14H18O/c1-4-14(2,3)15-12-8-11-13-9-6-5-7-10-13/h4-11H,1,12H2,2-3H3/b11-8+. The maximum Gasteiger partial charge on any atom is 0.0808 e. The highest BCUT2D eigenvalue weighted by atomic mass is 16.5. The minimum Gasteiger partial charge on any atom is -0.367 e. The second-order valence-corrected chi connectivity index (χ2v) is 3.93. The fourth-order valence-corrected chi connectivity index (χ4v) is 1.07. The summed E-state index contributed by atoms with van der Waals surface area (Å²) in [6.45, 7) is 8.32. The van der Waals surface area contributed by atoms with Gasteiger partial charge in [0.1, 0.15) is 0 Å². The zero-order valence-corrected chi connectivity index (χ0v) is 9.44. The monoisotopic (exact) mass is 202 g/mol. The third kappa shape index (κ3) is 4.61. The van der Waals surface area contributed by atoms with E-state index in [0.717, 1.165) is 0 Å².